The van der Waals surface area contributed by atoms with E-state index in [2.05, 4.69) is 9.97 Å². The van der Waals surface area contributed by atoms with E-state index in [0.717, 1.165) is 36.3 Å². The van der Waals surface area contributed by atoms with Crippen LogP contribution in [0.3, 0.4) is 0 Å². The average Bonchev–Trinajstić information content (AvgIpc) is 2.84. The minimum absolute atomic E-state index is 0.0701. The number of aromatic nitrogens is 4. The van der Waals surface area contributed by atoms with Crippen molar-refractivity contribution < 1.29 is 4.74 Å². The van der Waals surface area contributed by atoms with Crippen LogP contribution in [0.15, 0.2) is 41.5 Å². The Hall–Kier alpha value is -2.60. The van der Waals surface area contributed by atoms with E-state index in [0.29, 0.717) is 17.6 Å². The lowest BCUT2D eigenvalue weighted by Crippen LogP contribution is -2.25. The Morgan fingerprint density at radius 1 is 1.25 bits per heavy atom. The van der Waals surface area contributed by atoms with Crippen LogP contribution in [-0.4, -0.2) is 32.7 Å². The van der Waals surface area contributed by atoms with Crippen molar-refractivity contribution in [1.82, 2.24) is 19.5 Å². The summed E-state index contributed by atoms with van der Waals surface area (Å²) < 4.78 is 7.19. The van der Waals surface area contributed by atoms with E-state index in [1.54, 1.807) is 24.1 Å². The fraction of sp³-hybridized carbons (Fsp3) is 0.333. The molecular formula is C18H18N4O2. The molecule has 0 aliphatic carbocycles. The van der Waals surface area contributed by atoms with Gasteiger partial charge in [0.05, 0.1) is 17.3 Å². The summed E-state index contributed by atoms with van der Waals surface area (Å²) in [6.07, 6.45) is 6.03. The number of pyridine rings is 2. The van der Waals surface area contributed by atoms with Gasteiger partial charge < -0.3 is 4.74 Å². The monoisotopic (exact) mass is 322 g/mol. The first kappa shape index (κ1) is 15.0. The van der Waals surface area contributed by atoms with Crippen LogP contribution in [0.5, 0.6) is 0 Å². The summed E-state index contributed by atoms with van der Waals surface area (Å²) in [5, 5.41) is 0. The first-order valence-electron chi connectivity index (χ1n) is 8.10. The fourth-order valence-electron chi connectivity index (χ4n) is 3.19. The maximum Gasteiger partial charge on any atom is 0.280 e. The second-order valence-corrected chi connectivity index (χ2v) is 5.98. The van der Waals surface area contributed by atoms with Gasteiger partial charge in [-0.05, 0) is 31.0 Å². The van der Waals surface area contributed by atoms with E-state index in [4.69, 9.17) is 9.72 Å². The Morgan fingerprint density at radius 3 is 2.96 bits per heavy atom. The second kappa shape index (κ2) is 6.13. The predicted molar refractivity (Wildman–Crippen MR) is 90.8 cm³/mol. The quantitative estimate of drug-likeness (QED) is 0.723. The molecule has 0 spiro atoms. The number of rotatable bonds is 2. The number of methoxy groups -OCH3 is 1. The van der Waals surface area contributed by atoms with Crippen molar-refractivity contribution in [2.45, 2.75) is 31.9 Å². The number of aryl methyl sites for hydroxylation is 1. The maximum atomic E-state index is 12.8. The van der Waals surface area contributed by atoms with Crippen molar-refractivity contribution in [1.29, 1.82) is 0 Å². The zero-order chi connectivity index (χ0) is 16.5. The van der Waals surface area contributed by atoms with Crippen molar-refractivity contribution in [2.24, 2.45) is 0 Å². The highest BCUT2D eigenvalue weighted by atomic mass is 16.5. The lowest BCUT2D eigenvalue weighted by molar-refractivity contribution is 0.0885. The third-order valence-corrected chi connectivity index (χ3v) is 4.53. The zero-order valence-electron chi connectivity index (χ0n) is 13.5. The Balaban J connectivity index is 1.84. The Kier molecular flexibility index (Phi) is 3.82. The molecule has 0 fully saturated rings. The van der Waals surface area contributed by atoms with Gasteiger partial charge in [-0.25, -0.2) is 9.97 Å². The van der Waals surface area contributed by atoms with Crippen molar-refractivity contribution >= 4 is 11.0 Å². The minimum atomic E-state index is -0.0701. The molecule has 3 aromatic heterocycles. The summed E-state index contributed by atoms with van der Waals surface area (Å²) in [6.45, 7) is 0.624. The topological polar surface area (TPSA) is 69.9 Å². The van der Waals surface area contributed by atoms with Crippen molar-refractivity contribution in [3.63, 3.8) is 0 Å². The number of nitrogens with zero attached hydrogens (tertiary/aromatic N) is 4. The molecule has 0 N–H and O–H groups in total. The second-order valence-electron chi connectivity index (χ2n) is 5.98. The van der Waals surface area contributed by atoms with Crippen LogP contribution in [0.4, 0.5) is 0 Å². The van der Waals surface area contributed by atoms with Crippen LogP contribution in [-0.2, 0) is 17.7 Å². The SMILES string of the molecule is COC1CCc2nc3cc(-c4ccccn4)cnc3c(=O)n2CC1. The highest BCUT2D eigenvalue weighted by Crippen LogP contribution is 2.20. The molecule has 122 valence electrons. The van der Waals surface area contributed by atoms with Gasteiger partial charge in [0.25, 0.3) is 5.56 Å². The van der Waals surface area contributed by atoms with Crippen LogP contribution in [0.25, 0.3) is 22.3 Å². The molecule has 4 heterocycles. The molecule has 24 heavy (non-hydrogen) atoms. The van der Waals surface area contributed by atoms with Crippen LogP contribution in [0, 0.1) is 0 Å². The zero-order valence-corrected chi connectivity index (χ0v) is 13.5. The summed E-state index contributed by atoms with van der Waals surface area (Å²) in [7, 11) is 1.72. The molecule has 1 unspecified atom stereocenters. The van der Waals surface area contributed by atoms with E-state index in [1.165, 1.54) is 0 Å². The number of ether oxygens (including phenoxy) is 1. The summed E-state index contributed by atoms with van der Waals surface area (Å²) in [6, 6.07) is 7.61. The van der Waals surface area contributed by atoms with E-state index < -0.39 is 0 Å². The molecule has 6 heteroatoms. The molecule has 0 amide bonds. The molecule has 0 saturated heterocycles. The summed E-state index contributed by atoms with van der Waals surface area (Å²) in [5.41, 5.74) is 2.66. The highest BCUT2D eigenvalue weighted by Gasteiger charge is 2.19. The lowest BCUT2D eigenvalue weighted by atomic mass is 10.1. The largest absolute Gasteiger partial charge is 0.381 e. The first-order valence-corrected chi connectivity index (χ1v) is 8.10. The van der Waals surface area contributed by atoms with Gasteiger partial charge >= 0.3 is 0 Å². The summed E-state index contributed by atoms with van der Waals surface area (Å²) >= 11 is 0. The first-order chi connectivity index (χ1) is 11.8. The van der Waals surface area contributed by atoms with Gasteiger partial charge in [-0.3, -0.25) is 14.3 Å². The average molecular weight is 322 g/mol. The standard InChI is InChI=1S/C18H18N4O2/c1-24-13-5-6-16-21-15-10-12(14-4-2-3-8-19-14)11-20-17(15)18(23)22(16)9-7-13/h2-4,8,10-11,13H,5-7,9H2,1H3. The summed E-state index contributed by atoms with van der Waals surface area (Å²) in [4.78, 5) is 26.2. The van der Waals surface area contributed by atoms with Crippen molar-refractivity contribution in [2.75, 3.05) is 7.11 Å². The van der Waals surface area contributed by atoms with Gasteiger partial charge in [0.1, 0.15) is 5.82 Å². The molecule has 0 radical (unpaired) electrons. The van der Waals surface area contributed by atoms with Crippen molar-refractivity contribution in [3.8, 4) is 11.3 Å². The van der Waals surface area contributed by atoms with E-state index in [9.17, 15) is 4.79 Å². The summed E-state index contributed by atoms with van der Waals surface area (Å²) in [5.74, 6) is 0.812. The number of hydrogen-bond donors (Lipinski definition) is 0. The minimum Gasteiger partial charge on any atom is -0.381 e. The molecule has 1 aliphatic heterocycles. The van der Waals surface area contributed by atoms with Gasteiger partial charge in [-0.1, -0.05) is 6.07 Å². The Bertz CT molecular complexity index is 937. The number of fused-ring (bicyclic) bond motifs is 2. The molecule has 0 bridgehead atoms. The fourth-order valence-corrected chi connectivity index (χ4v) is 3.19. The normalized spacial score (nSPS) is 17.5. The van der Waals surface area contributed by atoms with Crippen LogP contribution >= 0.6 is 0 Å². The van der Waals surface area contributed by atoms with E-state index in [1.807, 2.05) is 24.3 Å². The molecule has 4 rings (SSSR count). The molecule has 0 saturated carbocycles. The molecule has 0 aromatic carbocycles. The van der Waals surface area contributed by atoms with E-state index in [-0.39, 0.29) is 11.7 Å². The number of hydrogen-bond acceptors (Lipinski definition) is 5. The lowest BCUT2D eigenvalue weighted by Gasteiger charge is -2.10. The third kappa shape index (κ3) is 2.59. The van der Waals surface area contributed by atoms with Gasteiger partial charge in [-0.15, -0.1) is 0 Å². The maximum absolute atomic E-state index is 12.8. The molecule has 3 aromatic rings. The van der Waals surface area contributed by atoms with Crippen molar-refractivity contribution in [3.05, 3.63) is 52.8 Å². The Labute approximate surface area is 139 Å². The van der Waals surface area contributed by atoms with E-state index >= 15 is 0 Å². The van der Waals surface area contributed by atoms with Gasteiger partial charge in [0, 0.05) is 38.0 Å². The smallest absolute Gasteiger partial charge is 0.280 e. The van der Waals surface area contributed by atoms with Crippen LogP contribution in [0.2, 0.25) is 0 Å². The van der Waals surface area contributed by atoms with Crippen LogP contribution < -0.4 is 5.56 Å². The highest BCUT2D eigenvalue weighted by molar-refractivity contribution is 5.78. The van der Waals surface area contributed by atoms with Gasteiger partial charge in [0.15, 0.2) is 5.52 Å². The molecule has 1 aliphatic rings. The Morgan fingerprint density at radius 2 is 2.17 bits per heavy atom. The predicted octanol–water partition coefficient (Wildman–Crippen LogP) is 2.20. The molecule has 1 atom stereocenters. The van der Waals surface area contributed by atoms with Gasteiger partial charge in [0.2, 0.25) is 0 Å². The molecular weight excluding hydrogens is 304 g/mol. The van der Waals surface area contributed by atoms with Gasteiger partial charge in [-0.2, -0.15) is 0 Å². The van der Waals surface area contributed by atoms with Crippen LogP contribution in [0.1, 0.15) is 18.7 Å². The molecule has 6 nitrogen and oxygen atoms in total. The third-order valence-electron chi connectivity index (χ3n) is 4.53.